The van der Waals surface area contributed by atoms with E-state index in [0.29, 0.717) is 18.1 Å². The molecule has 0 saturated heterocycles. The van der Waals surface area contributed by atoms with Crippen LogP contribution >= 0.6 is 15.9 Å². The van der Waals surface area contributed by atoms with Crippen molar-refractivity contribution in [2.75, 3.05) is 11.9 Å². The molecule has 0 aliphatic rings. The molecule has 0 aromatic heterocycles. The summed E-state index contributed by atoms with van der Waals surface area (Å²) < 4.78 is 0. The number of unbranched alkanes of at least 4 members (excludes halogenated alkanes) is 9. The van der Waals surface area contributed by atoms with Crippen LogP contribution in [0.2, 0.25) is 0 Å². The molecule has 0 bridgehead atoms. The number of halogens is 1. The zero-order valence-corrected chi connectivity index (χ0v) is 22.8. The van der Waals surface area contributed by atoms with Crippen molar-refractivity contribution in [1.29, 1.82) is 0 Å². The highest BCUT2D eigenvalue weighted by molar-refractivity contribution is 9.09. The maximum Gasteiger partial charge on any atom is 0.373 e. The molecule has 1 atom stereocenters. The van der Waals surface area contributed by atoms with Crippen LogP contribution in [-0.4, -0.2) is 17.9 Å². The molecule has 0 heterocycles. The van der Waals surface area contributed by atoms with E-state index in [0.717, 1.165) is 31.0 Å². The van der Waals surface area contributed by atoms with Gasteiger partial charge in [0, 0.05) is 5.33 Å². The number of hydrogen-bond donors (Lipinski definition) is 0. The molecule has 188 valence electrons. The van der Waals surface area contributed by atoms with Gasteiger partial charge in [0.2, 0.25) is 0 Å². The number of carbonyl (C=O) groups excluding carboxylic acids is 1. The van der Waals surface area contributed by atoms with E-state index in [1.807, 2.05) is 36.4 Å². The van der Waals surface area contributed by atoms with Gasteiger partial charge >= 0.3 is 5.97 Å². The molecular formula is C30H43BrO3. The van der Waals surface area contributed by atoms with Gasteiger partial charge in [0.25, 0.3) is 0 Å². The van der Waals surface area contributed by atoms with E-state index >= 15 is 0 Å². The number of hydrogen-bond acceptors (Lipinski definition) is 3. The molecule has 3 nitrogen and oxygen atoms in total. The maximum absolute atomic E-state index is 12.6. The summed E-state index contributed by atoms with van der Waals surface area (Å²) in [5, 5.41) is 1.13. The molecule has 0 radical (unpaired) electrons. The van der Waals surface area contributed by atoms with Crippen LogP contribution in [0.25, 0.3) is 11.1 Å². The van der Waals surface area contributed by atoms with Crippen LogP contribution in [0.15, 0.2) is 48.5 Å². The molecule has 2 aromatic carbocycles. The molecule has 34 heavy (non-hydrogen) atoms. The second-order valence-electron chi connectivity index (χ2n) is 9.37. The number of carbonyl (C=O) groups is 1. The third-order valence-electron chi connectivity index (χ3n) is 6.44. The first kappa shape index (κ1) is 28.6. The first-order chi connectivity index (χ1) is 16.7. The Balaban J connectivity index is 1.71. The Morgan fingerprint density at radius 1 is 0.853 bits per heavy atom. The lowest BCUT2D eigenvalue weighted by Gasteiger charge is -2.15. The van der Waals surface area contributed by atoms with Crippen LogP contribution in [-0.2, 0) is 16.2 Å². The summed E-state index contributed by atoms with van der Waals surface area (Å²) in [6, 6.07) is 16.2. The molecule has 4 heteroatoms. The summed E-state index contributed by atoms with van der Waals surface area (Å²) >= 11 is 3.48. The smallest absolute Gasteiger partial charge is 0.293 e. The molecule has 0 amide bonds. The van der Waals surface area contributed by atoms with E-state index in [9.17, 15) is 4.79 Å². The summed E-state index contributed by atoms with van der Waals surface area (Å²) in [6.45, 7) is 4.90. The second kappa shape index (κ2) is 17.7. The Bertz CT molecular complexity index is 806. The van der Waals surface area contributed by atoms with E-state index < -0.39 is 5.97 Å². The lowest BCUT2D eigenvalue weighted by atomic mass is 9.90. The average molecular weight is 532 g/mol. The number of alkyl halides is 1. The Hall–Kier alpha value is -1.65. The van der Waals surface area contributed by atoms with Crippen LogP contribution < -0.4 is 0 Å². The van der Waals surface area contributed by atoms with Crippen molar-refractivity contribution < 1.29 is 14.6 Å². The summed E-state index contributed by atoms with van der Waals surface area (Å²) in [5.41, 5.74) is 4.08. The normalized spacial score (nSPS) is 12.0. The van der Waals surface area contributed by atoms with Gasteiger partial charge in [-0.25, -0.2) is 4.79 Å². The van der Waals surface area contributed by atoms with Crippen molar-refractivity contribution >= 4 is 21.9 Å². The monoisotopic (exact) mass is 530 g/mol. The van der Waals surface area contributed by atoms with Gasteiger partial charge in [0.05, 0.1) is 12.2 Å². The highest BCUT2D eigenvalue weighted by atomic mass is 79.9. The molecule has 0 aliphatic carbocycles. The summed E-state index contributed by atoms with van der Waals surface area (Å²) in [4.78, 5) is 22.9. The van der Waals surface area contributed by atoms with Crippen molar-refractivity contribution in [2.45, 2.75) is 90.9 Å². The van der Waals surface area contributed by atoms with Crippen molar-refractivity contribution in [3.63, 3.8) is 0 Å². The maximum atomic E-state index is 12.6. The van der Waals surface area contributed by atoms with Gasteiger partial charge in [-0.3, -0.25) is 4.89 Å². The van der Waals surface area contributed by atoms with Crippen molar-refractivity contribution in [2.24, 2.45) is 5.92 Å². The van der Waals surface area contributed by atoms with Gasteiger partial charge in [-0.1, -0.05) is 124 Å². The molecule has 0 spiro atoms. The number of rotatable bonds is 18. The van der Waals surface area contributed by atoms with Crippen LogP contribution in [0.3, 0.4) is 0 Å². The average Bonchev–Trinajstić information content (AvgIpc) is 2.87. The predicted octanol–water partition coefficient (Wildman–Crippen LogP) is 9.33. The first-order valence-electron chi connectivity index (χ1n) is 13.2. The quantitative estimate of drug-likeness (QED) is 0.0832. The van der Waals surface area contributed by atoms with Crippen LogP contribution in [0, 0.1) is 5.92 Å². The third-order valence-corrected chi connectivity index (χ3v) is 7.00. The molecule has 2 rings (SSSR count). The van der Waals surface area contributed by atoms with Crippen molar-refractivity contribution in [3.05, 3.63) is 59.7 Å². The summed E-state index contributed by atoms with van der Waals surface area (Å²) in [6.07, 6.45) is 14.6. The fraction of sp³-hybridized carbons (Fsp3) is 0.567. The van der Waals surface area contributed by atoms with Gasteiger partial charge in [-0.2, -0.15) is 4.89 Å². The molecular weight excluding hydrogens is 488 g/mol. The minimum Gasteiger partial charge on any atom is -0.293 e. The van der Waals surface area contributed by atoms with Crippen LogP contribution in [0.5, 0.6) is 0 Å². The Morgan fingerprint density at radius 3 is 2.09 bits per heavy atom. The second-order valence-corrected chi connectivity index (χ2v) is 10.2. The molecule has 2 aromatic rings. The highest BCUT2D eigenvalue weighted by Gasteiger charge is 2.14. The Labute approximate surface area is 215 Å². The fourth-order valence-electron chi connectivity index (χ4n) is 4.12. The SMILES string of the molecule is CCC(C)Cc1cc(C(=O)OOCCCCCCCCCCCCBr)ccc1-c1ccccc1. The van der Waals surface area contributed by atoms with E-state index in [4.69, 9.17) is 9.78 Å². The van der Waals surface area contributed by atoms with Gasteiger partial charge in [-0.15, -0.1) is 0 Å². The Morgan fingerprint density at radius 2 is 1.47 bits per heavy atom. The molecule has 0 aliphatic heterocycles. The van der Waals surface area contributed by atoms with Crippen LogP contribution in [0.1, 0.15) is 100 Å². The van der Waals surface area contributed by atoms with Crippen molar-refractivity contribution in [1.82, 2.24) is 0 Å². The largest absolute Gasteiger partial charge is 0.373 e. The molecule has 1 unspecified atom stereocenters. The van der Waals surface area contributed by atoms with E-state index in [2.05, 4.69) is 41.9 Å². The van der Waals surface area contributed by atoms with E-state index in [1.54, 1.807) is 0 Å². The minimum absolute atomic E-state index is 0.412. The highest BCUT2D eigenvalue weighted by Crippen LogP contribution is 2.28. The van der Waals surface area contributed by atoms with Gasteiger partial charge in [0.1, 0.15) is 0 Å². The van der Waals surface area contributed by atoms with Gasteiger partial charge in [0.15, 0.2) is 0 Å². The minimum atomic E-state index is -0.412. The number of benzene rings is 2. The lowest BCUT2D eigenvalue weighted by molar-refractivity contribution is -0.241. The zero-order chi connectivity index (χ0) is 24.4. The van der Waals surface area contributed by atoms with Gasteiger partial charge in [-0.05, 0) is 54.0 Å². The molecule has 0 fully saturated rings. The first-order valence-corrected chi connectivity index (χ1v) is 14.4. The molecule has 0 N–H and O–H groups in total. The van der Waals surface area contributed by atoms with Gasteiger partial charge < -0.3 is 0 Å². The summed E-state index contributed by atoms with van der Waals surface area (Å²) in [5.74, 6) is 0.133. The zero-order valence-electron chi connectivity index (χ0n) is 21.2. The van der Waals surface area contributed by atoms with Crippen LogP contribution in [0.4, 0.5) is 0 Å². The molecule has 0 saturated carbocycles. The third kappa shape index (κ3) is 11.2. The van der Waals surface area contributed by atoms with Crippen molar-refractivity contribution in [3.8, 4) is 11.1 Å². The lowest BCUT2D eigenvalue weighted by Crippen LogP contribution is -2.09. The standard InChI is InChI=1S/C30H43BrO3/c1-3-25(2)23-28-24-27(19-20-29(28)26-17-13-12-14-18-26)30(32)34-33-22-16-11-9-7-5-4-6-8-10-15-21-31/h12-14,17-20,24-25H,3-11,15-16,21-23H2,1-2H3. The Kier molecular flexibility index (Phi) is 14.9. The predicted molar refractivity (Wildman–Crippen MR) is 146 cm³/mol. The topological polar surface area (TPSA) is 35.5 Å². The van der Waals surface area contributed by atoms with E-state index in [-0.39, 0.29) is 0 Å². The van der Waals surface area contributed by atoms with E-state index in [1.165, 1.54) is 68.1 Å². The summed E-state index contributed by atoms with van der Waals surface area (Å²) in [7, 11) is 0. The fourth-order valence-corrected chi connectivity index (χ4v) is 4.52.